The fraction of sp³-hybridized carbons (Fsp3) is 0.381. The lowest BCUT2D eigenvalue weighted by Gasteiger charge is -2.27. The van der Waals surface area contributed by atoms with Crippen LogP contribution in [0, 0.1) is 0 Å². The molecule has 0 aromatic heterocycles. The van der Waals surface area contributed by atoms with Gasteiger partial charge in [-0.1, -0.05) is 54.6 Å². The average Bonchev–Trinajstić information content (AvgIpc) is 2.68. The normalized spacial score (nSPS) is 16.3. The monoisotopic (exact) mass is 444 g/mol. The van der Waals surface area contributed by atoms with Crippen molar-refractivity contribution < 1.29 is 18.0 Å². The maximum Gasteiger partial charge on any atom is 0.416 e. The van der Waals surface area contributed by atoms with Crippen LogP contribution in [0.15, 0.2) is 42.5 Å². The van der Waals surface area contributed by atoms with Gasteiger partial charge < -0.3 is 10.6 Å². The van der Waals surface area contributed by atoms with Gasteiger partial charge in [-0.3, -0.25) is 4.79 Å². The Kier molecular flexibility index (Phi) is 6.96. The molecule has 2 aromatic carbocycles. The number of hydrogen-bond acceptors (Lipinski definition) is 2. The van der Waals surface area contributed by atoms with Crippen molar-refractivity contribution in [2.45, 2.75) is 50.4 Å². The fourth-order valence-electron chi connectivity index (χ4n) is 3.48. The van der Waals surface area contributed by atoms with Crippen molar-refractivity contribution in [3.05, 3.63) is 63.6 Å². The van der Waals surface area contributed by atoms with Crippen molar-refractivity contribution in [2.75, 3.05) is 5.32 Å². The minimum Gasteiger partial charge on any atom is -0.370 e. The Labute approximate surface area is 177 Å². The molecule has 2 N–H and O–H groups in total. The van der Waals surface area contributed by atoms with Crippen LogP contribution in [0.3, 0.4) is 0 Å². The summed E-state index contributed by atoms with van der Waals surface area (Å²) < 4.78 is 39.2. The highest BCUT2D eigenvalue weighted by molar-refractivity contribution is 6.42. The van der Waals surface area contributed by atoms with Crippen LogP contribution < -0.4 is 10.6 Å². The van der Waals surface area contributed by atoms with Gasteiger partial charge in [-0.2, -0.15) is 13.2 Å². The van der Waals surface area contributed by atoms with Crippen molar-refractivity contribution in [1.82, 2.24) is 5.32 Å². The zero-order valence-electron chi connectivity index (χ0n) is 15.5. The molecule has 0 saturated heterocycles. The highest BCUT2D eigenvalue weighted by atomic mass is 35.5. The van der Waals surface area contributed by atoms with Gasteiger partial charge >= 0.3 is 6.18 Å². The van der Waals surface area contributed by atoms with Crippen LogP contribution in [0.4, 0.5) is 18.9 Å². The van der Waals surface area contributed by atoms with E-state index in [-0.39, 0.29) is 22.7 Å². The van der Waals surface area contributed by atoms with Crippen LogP contribution >= 0.6 is 23.2 Å². The van der Waals surface area contributed by atoms with E-state index in [1.165, 1.54) is 12.1 Å². The predicted molar refractivity (Wildman–Crippen MR) is 109 cm³/mol. The van der Waals surface area contributed by atoms with Gasteiger partial charge in [0.1, 0.15) is 6.04 Å². The Balaban J connectivity index is 1.87. The van der Waals surface area contributed by atoms with Crippen molar-refractivity contribution >= 4 is 34.8 Å². The molecule has 29 heavy (non-hydrogen) atoms. The maximum atomic E-state index is 13.1. The topological polar surface area (TPSA) is 41.1 Å². The molecular formula is C21H21Cl2F3N2O. The first kappa shape index (κ1) is 21.8. The summed E-state index contributed by atoms with van der Waals surface area (Å²) in [6, 6.07) is 8.67. The SMILES string of the molecule is O=C(NC1CCCCC1)C(Nc1cccc(C(F)(F)F)c1)c1ccc(Cl)c(Cl)c1. The van der Waals surface area contributed by atoms with Crippen molar-refractivity contribution in [3.63, 3.8) is 0 Å². The largest absolute Gasteiger partial charge is 0.416 e. The summed E-state index contributed by atoms with van der Waals surface area (Å²) in [6.07, 6.45) is 0.547. The summed E-state index contributed by atoms with van der Waals surface area (Å²) in [6.45, 7) is 0. The molecular weight excluding hydrogens is 424 g/mol. The molecule has 3 rings (SSSR count). The highest BCUT2D eigenvalue weighted by Gasteiger charge is 2.31. The summed E-state index contributed by atoms with van der Waals surface area (Å²) in [4.78, 5) is 13.0. The molecule has 0 bridgehead atoms. The molecule has 1 amide bonds. The lowest BCUT2D eigenvalue weighted by Crippen LogP contribution is -2.41. The average molecular weight is 445 g/mol. The van der Waals surface area contributed by atoms with Crippen molar-refractivity contribution in [1.29, 1.82) is 0 Å². The number of amides is 1. The van der Waals surface area contributed by atoms with Gasteiger partial charge in [-0.25, -0.2) is 0 Å². The van der Waals surface area contributed by atoms with E-state index in [2.05, 4.69) is 10.6 Å². The first-order chi connectivity index (χ1) is 13.7. The highest BCUT2D eigenvalue weighted by Crippen LogP contribution is 2.33. The quantitative estimate of drug-likeness (QED) is 0.544. The number of rotatable bonds is 5. The molecule has 0 spiro atoms. The van der Waals surface area contributed by atoms with E-state index in [0.717, 1.165) is 44.2 Å². The molecule has 1 unspecified atom stereocenters. The Morgan fingerprint density at radius 1 is 1.00 bits per heavy atom. The predicted octanol–water partition coefficient (Wildman–Crippen LogP) is 6.61. The van der Waals surface area contributed by atoms with Crippen LogP contribution in [-0.4, -0.2) is 11.9 Å². The van der Waals surface area contributed by atoms with Gasteiger partial charge in [0.15, 0.2) is 0 Å². The first-order valence-electron chi connectivity index (χ1n) is 9.43. The molecule has 2 aromatic rings. The van der Waals surface area contributed by atoms with Crippen LogP contribution in [0.5, 0.6) is 0 Å². The van der Waals surface area contributed by atoms with E-state index in [4.69, 9.17) is 23.2 Å². The Morgan fingerprint density at radius 2 is 1.72 bits per heavy atom. The van der Waals surface area contributed by atoms with E-state index in [0.29, 0.717) is 10.6 Å². The third-order valence-corrected chi connectivity index (χ3v) is 5.73. The zero-order chi connectivity index (χ0) is 21.0. The van der Waals surface area contributed by atoms with Crippen molar-refractivity contribution in [3.8, 4) is 0 Å². The van der Waals surface area contributed by atoms with Crippen LogP contribution in [0.25, 0.3) is 0 Å². The lowest BCUT2D eigenvalue weighted by atomic mass is 9.95. The number of nitrogens with one attached hydrogen (secondary N) is 2. The molecule has 1 saturated carbocycles. The molecule has 0 radical (unpaired) electrons. The molecule has 1 atom stereocenters. The van der Waals surface area contributed by atoms with Gasteiger partial charge in [-0.05, 0) is 48.7 Å². The molecule has 0 aliphatic heterocycles. The van der Waals surface area contributed by atoms with Gasteiger partial charge in [-0.15, -0.1) is 0 Å². The summed E-state index contributed by atoms with van der Waals surface area (Å²) in [7, 11) is 0. The zero-order valence-corrected chi connectivity index (χ0v) is 17.0. The lowest BCUT2D eigenvalue weighted by molar-refractivity contribution is -0.137. The number of carbonyl (C=O) groups excluding carboxylic acids is 1. The third-order valence-electron chi connectivity index (χ3n) is 4.99. The standard InChI is InChI=1S/C21H21Cl2F3N2O/c22-17-10-9-13(11-18(17)23)19(20(29)28-15-6-2-1-3-7-15)27-16-8-4-5-14(12-16)21(24,25)26/h4-5,8-12,15,19,27H,1-3,6-7H2,(H,28,29). The molecule has 8 heteroatoms. The van der Waals surface area contributed by atoms with Crippen LogP contribution in [0.1, 0.15) is 49.3 Å². The molecule has 1 fully saturated rings. The molecule has 1 aliphatic rings. The summed E-state index contributed by atoms with van der Waals surface area (Å²) >= 11 is 12.1. The molecule has 156 valence electrons. The second-order valence-corrected chi connectivity index (χ2v) is 7.99. The maximum absolute atomic E-state index is 13.1. The third kappa shape index (κ3) is 5.80. The smallest absolute Gasteiger partial charge is 0.370 e. The van der Waals surface area contributed by atoms with E-state index in [9.17, 15) is 18.0 Å². The molecule has 1 aliphatic carbocycles. The number of hydrogen-bond donors (Lipinski definition) is 2. The van der Waals surface area contributed by atoms with Gasteiger partial charge in [0, 0.05) is 11.7 Å². The van der Waals surface area contributed by atoms with E-state index < -0.39 is 17.8 Å². The Bertz CT molecular complexity index is 867. The Hall–Kier alpha value is -1.92. The van der Waals surface area contributed by atoms with Gasteiger partial charge in [0.05, 0.1) is 15.6 Å². The van der Waals surface area contributed by atoms with Gasteiger partial charge in [0.25, 0.3) is 0 Å². The molecule has 0 heterocycles. The number of halogens is 5. The summed E-state index contributed by atoms with van der Waals surface area (Å²) in [5, 5.41) is 6.55. The molecule has 3 nitrogen and oxygen atoms in total. The summed E-state index contributed by atoms with van der Waals surface area (Å²) in [5.41, 5.74) is -0.0807. The number of anilines is 1. The van der Waals surface area contributed by atoms with E-state index >= 15 is 0 Å². The first-order valence-corrected chi connectivity index (χ1v) is 10.2. The van der Waals surface area contributed by atoms with Crippen LogP contribution in [0.2, 0.25) is 10.0 Å². The van der Waals surface area contributed by atoms with E-state index in [1.807, 2.05) is 0 Å². The van der Waals surface area contributed by atoms with Crippen molar-refractivity contribution in [2.24, 2.45) is 0 Å². The Morgan fingerprint density at radius 3 is 2.38 bits per heavy atom. The second kappa shape index (κ2) is 9.26. The second-order valence-electron chi connectivity index (χ2n) is 7.17. The van der Waals surface area contributed by atoms with Gasteiger partial charge in [0.2, 0.25) is 5.91 Å². The minimum absolute atomic E-state index is 0.0600. The number of alkyl halides is 3. The number of carbonyl (C=O) groups is 1. The van der Waals surface area contributed by atoms with Crippen LogP contribution in [-0.2, 0) is 11.0 Å². The van der Waals surface area contributed by atoms with E-state index in [1.54, 1.807) is 18.2 Å². The minimum atomic E-state index is -4.47. The summed E-state index contributed by atoms with van der Waals surface area (Å²) in [5.74, 6) is -0.312. The fourth-order valence-corrected chi connectivity index (χ4v) is 3.78. The number of benzene rings is 2.